The smallest absolute Gasteiger partial charge is 0.191 e. The molecule has 5 nitrogen and oxygen atoms in total. The van der Waals surface area contributed by atoms with Crippen LogP contribution in [0.5, 0.6) is 0 Å². The fourth-order valence-corrected chi connectivity index (χ4v) is 3.91. The van der Waals surface area contributed by atoms with E-state index >= 15 is 0 Å². The Kier molecular flexibility index (Phi) is 7.15. The van der Waals surface area contributed by atoms with E-state index in [4.69, 9.17) is 9.73 Å². The van der Waals surface area contributed by atoms with E-state index in [-0.39, 0.29) is 5.54 Å². The fourth-order valence-electron chi connectivity index (χ4n) is 3.91. The van der Waals surface area contributed by atoms with Crippen molar-refractivity contribution in [3.05, 3.63) is 0 Å². The van der Waals surface area contributed by atoms with Gasteiger partial charge in [-0.3, -0.25) is 4.99 Å². The number of hydrogen-bond acceptors (Lipinski definition) is 3. The van der Waals surface area contributed by atoms with Crippen molar-refractivity contribution in [2.45, 2.75) is 64.0 Å². The van der Waals surface area contributed by atoms with Crippen molar-refractivity contribution in [3.63, 3.8) is 0 Å². The lowest BCUT2D eigenvalue weighted by Crippen LogP contribution is -2.51. The standard InChI is InChI=1S/C18H36N4O/c1-5-19-17(20-13-16-9-7-11-23-16)21-14-18(22(3)4)10-6-8-15(2)12-18/h15-16H,5-14H2,1-4H3,(H2,19,20,21). The number of nitrogens with zero attached hydrogens (tertiary/aromatic N) is 2. The summed E-state index contributed by atoms with van der Waals surface area (Å²) in [5.74, 6) is 1.73. The molecule has 0 bridgehead atoms. The fraction of sp³-hybridized carbons (Fsp3) is 0.944. The van der Waals surface area contributed by atoms with Crippen molar-refractivity contribution in [1.29, 1.82) is 0 Å². The molecule has 2 N–H and O–H groups in total. The first-order chi connectivity index (χ1) is 11.1. The Labute approximate surface area is 142 Å². The van der Waals surface area contributed by atoms with E-state index in [2.05, 4.69) is 43.5 Å². The van der Waals surface area contributed by atoms with Crippen LogP contribution in [0.4, 0.5) is 0 Å². The highest BCUT2D eigenvalue weighted by Crippen LogP contribution is 2.35. The summed E-state index contributed by atoms with van der Waals surface area (Å²) in [6, 6.07) is 0. The third kappa shape index (κ3) is 5.35. The molecule has 0 aromatic heterocycles. The molecule has 1 heterocycles. The molecule has 0 spiro atoms. The van der Waals surface area contributed by atoms with Gasteiger partial charge in [-0.1, -0.05) is 19.8 Å². The largest absolute Gasteiger partial charge is 0.376 e. The van der Waals surface area contributed by atoms with Gasteiger partial charge in [-0.05, 0) is 52.6 Å². The number of rotatable bonds is 6. The van der Waals surface area contributed by atoms with Gasteiger partial charge in [0.25, 0.3) is 0 Å². The molecule has 134 valence electrons. The quantitative estimate of drug-likeness (QED) is 0.581. The van der Waals surface area contributed by atoms with Crippen LogP contribution in [0.1, 0.15) is 52.4 Å². The van der Waals surface area contributed by atoms with Crippen LogP contribution in [0, 0.1) is 5.92 Å². The molecule has 3 unspecified atom stereocenters. The average Bonchev–Trinajstić information content (AvgIpc) is 3.03. The number of hydrogen-bond donors (Lipinski definition) is 2. The van der Waals surface area contributed by atoms with Crippen molar-refractivity contribution in [2.75, 3.05) is 40.3 Å². The summed E-state index contributed by atoms with van der Waals surface area (Å²) >= 11 is 0. The summed E-state index contributed by atoms with van der Waals surface area (Å²) in [4.78, 5) is 7.32. The van der Waals surface area contributed by atoms with Crippen LogP contribution in [0.3, 0.4) is 0 Å². The molecular formula is C18H36N4O. The van der Waals surface area contributed by atoms with Crippen LogP contribution in [-0.2, 0) is 4.74 Å². The molecule has 2 fully saturated rings. The van der Waals surface area contributed by atoms with Gasteiger partial charge in [-0.25, -0.2) is 0 Å². The molecule has 1 aliphatic heterocycles. The zero-order valence-corrected chi connectivity index (χ0v) is 15.5. The Morgan fingerprint density at radius 2 is 2.09 bits per heavy atom. The maximum absolute atomic E-state index is 5.69. The molecule has 3 atom stereocenters. The van der Waals surface area contributed by atoms with Gasteiger partial charge in [0.15, 0.2) is 5.96 Å². The molecule has 23 heavy (non-hydrogen) atoms. The first-order valence-electron chi connectivity index (χ1n) is 9.37. The summed E-state index contributed by atoms with van der Waals surface area (Å²) in [5.41, 5.74) is 0.212. The second-order valence-electron chi connectivity index (χ2n) is 7.53. The highest BCUT2D eigenvalue weighted by molar-refractivity contribution is 5.79. The van der Waals surface area contributed by atoms with E-state index in [0.717, 1.165) is 44.5 Å². The second-order valence-corrected chi connectivity index (χ2v) is 7.53. The Hall–Kier alpha value is -0.810. The molecular weight excluding hydrogens is 288 g/mol. The lowest BCUT2D eigenvalue weighted by atomic mass is 9.75. The van der Waals surface area contributed by atoms with E-state index in [9.17, 15) is 0 Å². The zero-order valence-electron chi connectivity index (χ0n) is 15.5. The van der Waals surface area contributed by atoms with Crippen LogP contribution in [0.25, 0.3) is 0 Å². The minimum atomic E-state index is 0.212. The predicted octanol–water partition coefficient (Wildman–Crippen LogP) is 2.23. The zero-order chi connectivity index (χ0) is 16.7. The molecule has 2 rings (SSSR count). The van der Waals surface area contributed by atoms with Crippen LogP contribution in [0.15, 0.2) is 4.99 Å². The van der Waals surface area contributed by atoms with Gasteiger partial charge >= 0.3 is 0 Å². The Morgan fingerprint density at radius 1 is 1.26 bits per heavy atom. The average molecular weight is 325 g/mol. The van der Waals surface area contributed by atoms with Gasteiger partial charge < -0.3 is 20.3 Å². The van der Waals surface area contributed by atoms with Crippen molar-refractivity contribution in [3.8, 4) is 0 Å². The third-order valence-corrected chi connectivity index (χ3v) is 5.41. The van der Waals surface area contributed by atoms with Crippen molar-refractivity contribution in [2.24, 2.45) is 10.9 Å². The number of nitrogens with one attached hydrogen (secondary N) is 2. The lowest BCUT2D eigenvalue weighted by Gasteiger charge is -2.44. The Morgan fingerprint density at radius 3 is 2.70 bits per heavy atom. The van der Waals surface area contributed by atoms with Gasteiger partial charge in [0.05, 0.1) is 12.6 Å². The van der Waals surface area contributed by atoms with Crippen molar-refractivity contribution < 1.29 is 4.74 Å². The van der Waals surface area contributed by atoms with E-state index in [1.807, 2.05) is 0 Å². The van der Waals surface area contributed by atoms with Crippen LogP contribution < -0.4 is 10.6 Å². The number of guanidine groups is 1. The molecule has 1 saturated carbocycles. The van der Waals surface area contributed by atoms with E-state index < -0.39 is 0 Å². The maximum atomic E-state index is 5.69. The number of ether oxygens (including phenoxy) is 1. The summed E-state index contributed by atoms with van der Waals surface area (Å²) in [5, 5.41) is 6.84. The van der Waals surface area contributed by atoms with Gasteiger partial charge in [-0.15, -0.1) is 0 Å². The highest BCUT2D eigenvalue weighted by atomic mass is 16.5. The van der Waals surface area contributed by atoms with Crippen molar-refractivity contribution in [1.82, 2.24) is 15.5 Å². The molecule has 0 aromatic rings. The van der Waals surface area contributed by atoms with Gasteiger partial charge in [0, 0.05) is 25.2 Å². The number of likely N-dealkylation sites (N-methyl/N-ethyl adjacent to an activating group) is 1. The van der Waals surface area contributed by atoms with Crippen LogP contribution in [-0.4, -0.2) is 62.8 Å². The molecule has 0 amide bonds. The lowest BCUT2D eigenvalue weighted by molar-refractivity contribution is 0.0844. The van der Waals surface area contributed by atoms with Gasteiger partial charge in [0.2, 0.25) is 0 Å². The third-order valence-electron chi connectivity index (χ3n) is 5.41. The second kappa shape index (κ2) is 8.88. The molecule has 1 saturated heterocycles. The van der Waals surface area contributed by atoms with Crippen molar-refractivity contribution >= 4 is 5.96 Å². The van der Waals surface area contributed by atoms with E-state index in [1.54, 1.807) is 0 Å². The summed E-state index contributed by atoms with van der Waals surface area (Å²) < 4.78 is 5.69. The SMILES string of the molecule is CCNC(=NCC1(N(C)C)CCCC(C)C1)NCC1CCCO1. The normalized spacial score (nSPS) is 32.3. The van der Waals surface area contributed by atoms with Crippen LogP contribution >= 0.6 is 0 Å². The van der Waals surface area contributed by atoms with Gasteiger partial charge in [-0.2, -0.15) is 0 Å². The monoisotopic (exact) mass is 324 g/mol. The molecule has 0 radical (unpaired) electrons. The Balaban J connectivity index is 1.95. The molecule has 5 heteroatoms. The highest BCUT2D eigenvalue weighted by Gasteiger charge is 2.36. The molecule has 2 aliphatic rings. The first kappa shape index (κ1) is 18.5. The predicted molar refractivity (Wildman–Crippen MR) is 97.0 cm³/mol. The first-order valence-corrected chi connectivity index (χ1v) is 9.37. The summed E-state index contributed by atoms with van der Waals surface area (Å²) in [7, 11) is 4.42. The maximum Gasteiger partial charge on any atom is 0.191 e. The minimum absolute atomic E-state index is 0.212. The topological polar surface area (TPSA) is 48.9 Å². The van der Waals surface area contributed by atoms with Crippen LogP contribution in [0.2, 0.25) is 0 Å². The van der Waals surface area contributed by atoms with E-state index in [0.29, 0.717) is 6.10 Å². The number of aliphatic imine (C=N–C) groups is 1. The molecule has 0 aromatic carbocycles. The summed E-state index contributed by atoms with van der Waals surface area (Å²) in [6.07, 6.45) is 7.85. The van der Waals surface area contributed by atoms with Gasteiger partial charge in [0.1, 0.15) is 0 Å². The Bertz CT molecular complexity index is 379. The minimum Gasteiger partial charge on any atom is -0.376 e. The molecule has 1 aliphatic carbocycles. The summed E-state index contributed by atoms with van der Waals surface area (Å²) in [6.45, 7) is 8.02. The van der Waals surface area contributed by atoms with E-state index in [1.165, 1.54) is 32.1 Å².